The average molecular weight is 220 g/mol. The predicted octanol–water partition coefficient (Wildman–Crippen LogP) is 3.00. The number of esters is 1. The molecule has 2 rings (SSSR count). The summed E-state index contributed by atoms with van der Waals surface area (Å²) in [6.45, 7) is 0.504. The number of carbonyl (C=O) groups is 1. The second kappa shape index (κ2) is 5.03. The van der Waals surface area contributed by atoms with Crippen molar-refractivity contribution in [3.8, 4) is 0 Å². The van der Waals surface area contributed by atoms with Gasteiger partial charge in [-0.05, 0) is 17.0 Å². The van der Waals surface area contributed by atoms with Crippen molar-refractivity contribution < 1.29 is 9.53 Å². The molecule has 0 unspecified atom stereocenters. The van der Waals surface area contributed by atoms with Gasteiger partial charge in [0.2, 0.25) is 0 Å². The van der Waals surface area contributed by atoms with Crippen LogP contribution in [0.4, 0.5) is 0 Å². The van der Waals surface area contributed by atoms with E-state index in [1.54, 1.807) is 11.8 Å². The van der Waals surface area contributed by atoms with Crippen LogP contribution in [0.2, 0.25) is 0 Å². The largest absolute Gasteiger partial charge is 0.465 e. The number of hydrogen-bond donors (Lipinski definition) is 0. The van der Waals surface area contributed by atoms with Crippen LogP contribution in [0.5, 0.6) is 0 Å². The van der Waals surface area contributed by atoms with E-state index in [9.17, 15) is 4.79 Å². The highest BCUT2D eigenvalue weighted by atomic mass is 32.2. The van der Waals surface area contributed by atoms with Crippen molar-refractivity contribution in [2.45, 2.75) is 17.7 Å². The number of cyclic esters (lactones) is 1. The number of benzene rings is 1. The lowest BCUT2D eigenvalue weighted by atomic mass is 10.3. The lowest BCUT2D eigenvalue weighted by molar-refractivity contribution is -0.142. The predicted molar refractivity (Wildman–Crippen MR) is 60.6 cm³/mol. The van der Waals surface area contributed by atoms with Gasteiger partial charge in [-0.25, -0.2) is 0 Å². The van der Waals surface area contributed by atoms with Crippen LogP contribution in [0, 0.1) is 0 Å². The van der Waals surface area contributed by atoms with Crippen LogP contribution < -0.4 is 0 Å². The first-order valence-electron chi connectivity index (χ1n) is 4.92. The van der Waals surface area contributed by atoms with Gasteiger partial charge in [0.1, 0.15) is 0 Å². The highest BCUT2D eigenvalue weighted by Crippen LogP contribution is 2.29. The van der Waals surface area contributed by atoms with Gasteiger partial charge >= 0.3 is 5.97 Å². The maximum absolute atomic E-state index is 11.0. The minimum atomic E-state index is -0.126. The van der Waals surface area contributed by atoms with Gasteiger partial charge in [0.25, 0.3) is 0 Å². The highest BCUT2D eigenvalue weighted by molar-refractivity contribution is 8.03. The zero-order valence-electron chi connectivity index (χ0n) is 8.31. The second-order valence-corrected chi connectivity index (χ2v) is 4.46. The molecule has 0 N–H and O–H groups in total. The molecule has 0 saturated carbocycles. The molecule has 1 aromatic carbocycles. The molecule has 0 atom stereocenters. The summed E-state index contributed by atoms with van der Waals surface area (Å²) in [4.78, 5) is 13.4. The molecule has 0 spiro atoms. The molecule has 15 heavy (non-hydrogen) atoms. The van der Waals surface area contributed by atoms with Crippen LogP contribution in [-0.2, 0) is 9.53 Å². The Bertz CT molecular complexity index is 370. The molecular formula is C12H12O2S. The van der Waals surface area contributed by atoms with Gasteiger partial charge in [-0.1, -0.05) is 36.0 Å². The molecule has 1 aromatic rings. The fourth-order valence-electron chi connectivity index (χ4n) is 1.36. The molecule has 1 heterocycles. The van der Waals surface area contributed by atoms with E-state index in [4.69, 9.17) is 4.74 Å². The van der Waals surface area contributed by atoms with Crippen molar-refractivity contribution in [3.63, 3.8) is 0 Å². The Labute approximate surface area is 93.3 Å². The van der Waals surface area contributed by atoms with E-state index in [-0.39, 0.29) is 5.97 Å². The summed E-state index contributed by atoms with van der Waals surface area (Å²) in [5.41, 5.74) is 0. The Hall–Kier alpha value is -1.22. The van der Waals surface area contributed by atoms with Crippen molar-refractivity contribution in [2.75, 3.05) is 6.61 Å². The van der Waals surface area contributed by atoms with Crippen molar-refractivity contribution >= 4 is 17.7 Å². The zero-order chi connectivity index (χ0) is 10.5. The topological polar surface area (TPSA) is 26.3 Å². The molecule has 0 aliphatic carbocycles. The van der Waals surface area contributed by atoms with Gasteiger partial charge < -0.3 is 4.74 Å². The summed E-state index contributed by atoms with van der Waals surface area (Å²) in [6, 6.07) is 10.2. The maximum Gasteiger partial charge on any atom is 0.309 e. The highest BCUT2D eigenvalue weighted by Gasteiger charge is 2.09. The van der Waals surface area contributed by atoms with E-state index in [1.165, 1.54) is 9.80 Å². The van der Waals surface area contributed by atoms with Crippen molar-refractivity contribution in [1.82, 2.24) is 0 Å². The molecule has 0 fully saturated rings. The minimum absolute atomic E-state index is 0.126. The van der Waals surface area contributed by atoms with Crippen LogP contribution in [0.1, 0.15) is 12.8 Å². The molecule has 3 heteroatoms. The number of thioether (sulfide) groups is 1. The molecular weight excluding hydrogens is 208 g/mol. The van der Waals surface area contributed by atoms with Crippen LogP contribution in [0.3, 0.4) is 0 Å². The summed E-state index contributed by atoms with van der Waals surface area (Å²) in [7, 11) is 0. The van der Waals surface area contributed by atoms with Crippen molar-refractivity contribution in [2.24, 2.45) is 0 Å². The van der Waals surface area contributed by atoms with Gasteiger partial charge in [0.05, 0.1) is 13.0 Å². The molecule has 0 aromatic heterocycles. The molecule has 1 aliphatic heterocycles. The van der Waals surface area contributed by atoms with Crippen LogP contribution >= 0.6 is 11.8 Å². The zero-order valence-corrected chi connectivity index (χ0v) is 9.13. The fourth-order valence-corrected chi connectivity index (χ4v) is 2.30. The molecule has 0 radical (unpaired) electrons. The summed E-state index contributed by atoms with van der Waals surface area (Å²) < 4.78 is 4.97. The van der Waals surface area contributed by atoms with Crippen LogP contribution in [0.25, 0.3) is 0 Å². The van der Waals surface area contributed by atoms with E-state index in [1.807, 2.05) is 24.3 Å². The monoisotopic (exact) mass is 220 g/mol. The Morgan fingerprint density at radius 3 is 2.80 bits per heavy atom. The second-order valence-electron chi connectivity index (χ2n) is 3.26. The van der Waals surface area contributed by atoms with E-state index >= 15 is 0 Å². The number of carbonyl (C=O) groups excluding carboxylic acids is 1. The van der Waals surface area contributed by atoms with Gasteiger partial charge in [0.15, 0.2) is 0 Å². The SMILES string of the molecule is O=C1CC=C(Sc2ccccc2)CCO1. The summed E-state index contributed by atoms with van der Waals surface area (Å²) in [6.07, 6.45) is 3.19. The number of rotatable bonds is 2. The normalized spacial score (nSPS) is 16.5. The Kier molecular flexibility index (Phi) is 3.45. The van der Waals surface area contributed by atoms with Crippen LogP contribution in [-0.4, -0.2) is 12.6 Å². The van der Waals surface area contributed by atoms with Gasteiger partial charge in [0, 0.05) is 11.3 Å². The van der Waals surface area contributed by atoms with Gasteiger partial charge in [-0.3, -0.25) is 4.79 Å². The quantitative estimate of drug-likeness (QED) is 0.717. The van der Waals surface area contributed by atoms with E-state index in [0.717, 1.165) is 6.42 Å². The Morgan fingerprint density at radius 2 is 2.00 bits per heavy atom. The van der Waals surface area contributed by atoms with E-state index in [0.29, 0.717) is 13.0 Å². The Morgan fingerprint density at radius 1 is 1.20 bits per heavy atom. The van der Waals surface area contributed by atoms with Crippen molar-refractivity contribution in [3.05, 3.63) is 41.3 Å². The molecule has 1 aliphatic rings. The summed E-state index contributed by atoms with van der Waals surface area (Å²) in [5.74, 6) is -0.126. The first-order valence-corrected chi connectivity index (χ1v) is 5.74. The lowest BCUT2D eigenvalue weighted by Crippen LogP contribution is -2.00. The van der Waals surface area contributed by atoms with Crippen LogP contribution in [0.15, 0.2) is 46.2 Å². The number of ether oxygens (including phenoxy) is 1. The van der Waals surface area contributed by atoms with E-state index < -0.39 is 0 Å². The fraction of sp³-hybridized carbons (Fsp3) is 0.250. The summed E-state index contributed by atoms with van der Waals surface area (Å²) >= 11 is 1.71. The molecule has 0 amide bonds. The smallest absolute Gasteiger partial charge is 0.309 e. The molecule has 0 bridgehead atoms. The van der Waals surface area contributed by atoms with Crippen molar-refractivity contribution in [1.29, 1.82) is 0 Å². The maximum atomic E-state index is 11.0. The standard InChI is InChI=1S/C12H12O2S/c13-12-7-6-11(8-9-14-12)15-10-4-2-1-3-5-10/h1-6H,7-9H2. The molecule has 0 saturated heterocycles. The average Bonchev–Trinajstić information content (AvgIpc) is 2.46. The third kappa shape index (κ3) is 3.13. The summed E-state index contributed by atoms with van der Waals surface area (Å²) in [5, 5.41) is 0. The van der Waals surface area contributed by atoms with Gasteiger partial charge in [-0.2, -0.15) is 0 Å². The number of hydrogen-bond acceptors (Lipinski definition) is 3. The molecule has 78 valence electrons. The minimum Gasteiger partial charge on any atom is -0.465 e. The lowest BCUT2D eigenvalue weighted by Gasteiger charge is -2.03. The first-order chi connectivity index (χ1) is 7.34. The molecule has 2 nitrogen and oxygen atoms in total. The third-order valence-electron chi connectivity index (χ3n) is 2.10. The van der Waals surface area contributed by atoms with E-state index in [2.05, 4.69) is 12.1 Å². The third-order valence-corrected chi connectivity index (χ3v) is 3.24. The van der Waals surface area contributed by atoms with Gasteiger partial charge in [-0.15, -0.1) is 0 Å². The first kappa shape index (κ1) is 10.3. The Balaban J connectivity index is 2.02.